The number of nitrogens with two attached hydrogens (primary N) is 1. The van der Waals surface area contributed by atoms with E-state index in [0.717, 1.165) is 24.8 Å². The van der Waals surface area contributed by atoms with Gasteiger partial charge in [0.05, 0.1) is 5.92 Å². The summed E-state index contributed by atoms with van der Waals surface area (Å²) in [5, 5.41) is 0. The Hall–Kier alpha value is -3.20. The summed E-state index contributed by atoms with van der Waals surface area (Å²) in [7, 11) is 0. The predicted octanol–water partition coefficient (Wildman–Crippen LogP) is 4.61. The van der Waals surface area contributed by atoms with Gasteiger partial charge in [-0.05, 0) is 41.9 Å². The summed E-state index contributed by atoms with van der Waals surface area (Å²) in [6.45, 7) is 0. The first-order chi connectivity index (χ1) is 13.7. The van der Waals surface area contributed by atoms with E-state index >= 15 is 0 Å². The zero-order valence-electron chi connectivity index (χ0n) is 15.7. The maximum atomic E-state index is 13.2. The summed E-state index contributed by atoms with van der Waals surface area (Å²) in [6.07, 6.45) is 2.92. The van der Waals surface area contributed by atoms with Crippen molar-refractivity contribution >= 4 is 11.7 Å². The van der Waals surface area contributed by atoms with Gasteiger partial charge in [0.25, 0.3) is 0 Å². The van der Waals surface area contributed by atoms with Gasteiger partial charge in [-0.2, -0.15) is 0 Å². The maximum Gasteiger partial charge on any atom is 0.225 e. The Labute approximate surface area is 165 Å². The molecule has 0 saturated carbocycles. The van der Waals surface area contributed by atoms with Crippen LogP contribution in [0.2, 0.25) is 0 Å². The van der Waals surface area contributed by atoms with E-state index in [0.29, 0.717) is 11.1 Å². The molecule has 28 heavy (non-hydrogen) atoms. The number of ketones is 1. The van der Waals surface area contributed by atoms with E-state index in [9.17, 15) is 9.59 Å². The predicted molar refractivity (Wildman–Crippen MR) is 110 cm³/mol. The van der Waals surface area contributed by atoms with Crippen LogP contribution >= 0.6 is 0 Å². The Balaban J connectivity index is 1.81. The van der Waals surface area contributed by atoms with Crippen LogP contribution in [0.3, 0.4) is 0 Å². The second-order valence-electron chi connectivity index (χ2n) is 7.36. The van der Waals surface area contributed by atoms with E-state index < -0.39 is 5.92 Å². The van der Waals surface area contributed by atoms with E-state index in [-0.39, 0.29) is 17.6 Å². The van der Waals surface area contributed by atoms with Gasteiger partial charge in [0.2, 0.25) is 5.91 Å². The lowest BCUT2D eigenvalue weighted by molar-refractivity contribution is -0.120. The zero-order valence-corrected chi connectivity index (χ0v) is 15.7. The van der Waals surface area contributed by atoms with Crippen molar-refractivity contribution in [1.29, 1.82) is 0 Å². The molecule has 3 aromatic carbocycles. The Morgan fingerprint density at radius 2 is 1.54 bits per heavy atom. The first kappa shape index (κ1) is 18.2. The summed E-state index contributed by atoms with van der Waals surface area (Å²) >= 11 is 0. The van der Waals surface area contributed by atoms with Crippen LogP contribution in [-0.2, 0) is 11.2 Å². The first-order valence-corrected chi connectivity index (χ1v) is 9.72. The van der Waals surface area contributed by atoms with Gasteiger partial charge >= 0.3 is 0 Å². The number of hydrogen-bond acceptors (Lipinski definition) is 2. The molecule has 0 aromatic heterocycles. The Morgan fingerprint density at radius 1 is 0.857 bits per heavy atom. The summed E-state index contributed by atoms with van der Waals surface area (Å²) in [5.74, 6) is -0.987. The minimum atomic E-state index is -0.523. The van der Waals surface area contributed by atoms with Gasteiger partial charge in [-0.3, -0.25) is 9.59 Å². The number of amides is 1. The molecule has 0 saturated heterocycles. The van der Waals surface area contributed by atoms with Crippen LogP contribution < -0.4 is 5.73 Å². The lowest BCUT2D eigenvalue weighted by Gasteiger charge is -2.32. The minimum Gasteiger partial charge on any atom is -0.369 e. The fraction of sp³-hybridized carbons (Fsp3) is 0.200. The minimum absolute atomic E-state index is 0.00725. The number of rotatable bonds is 5. The normalized spacial score (nSPS) is 16.8. The van der Waals surface area contributed by atoms with Crippen LogP contribution in [-0.4, -0.2) is 11.7 Å². The molecule has 0 spiro atoms. The third-order valence-corrected chi connectivity index (χ3v) is 5.70. The molecule has 140 valence electrons. The lowest BCUT2D eigenvalue weighted by Crippen LogP contribution is -2.30. The van der Waals surface area contributed by atoms with Gasteiger partial charge in [0.1, 0.15) is 0 Å². The highest BCUT2D eigenvalue weighted by Crippen LogP contribution is 2.42. The molecule has 2 N–H and O–H groups in total. The van der Waals surface area contributed by atoms with Gasteiger partial charge in [-0.15, -0.1) is 0 Å². The monoisotopic (exact) mass is 369 g/mol. The van der Waals surface area contributed by atoms with E-state index in [1.54, 1.807) is 18.2 Å². The molecular weight excluding hydrogens is 346 g/mol. The quantitative estimate of drug-likeness (QED) is 0.668. The van der Waals surface area contributed by atoms with Crippen molar-refractivity contribution in [1.82, 2.24) is 0 Å². The van der Waals surface area contributed by atoms with Crippen molar-refractivity contribution in [2.24, 2.45) is 5.73 Å². The number of carbonyl (C=O) groups excluding carboxylic acids is 2. The molecule has 4 rings (SSSR count). The molecule has 0 heterocycles. The molecule has 1 aliphatic rings. The van der Waals surface area contributed by atoms with Crippen LogP contribution in [0, 0.1) is 0 Å². The van der Waals surface area contributed by atoms with Crippen LogP contribution in [0.25, 0.3) is 0 Å². The summed E-state index contributed by atoms with van der Waals surface area (Å²) in [4.78, 5) is 25.8. The van der Waals surface area contributed by atoms with Crippen molar-refractivity contribution in [2.45, 2.75) is 31.1 Å². The van der Waals surface area contributed by atoms with Crippen molar-refractivity contribution in [3.05, 3.63) is 107 Å². The van der Waals surface area contributed by atoms with Gasteiger partial charge in [0, 0.05) is 11.1 Å². The van der Waals surface area contributed by atoms with E-state index in [4.69, 9.17) is 5.73 Å². The second-order valence-corrected chi connectivity index (χ2v) is 7.36. The SMILES string of the molecule is NC(=O)C(c1ccccc1C(=O)c1ccccc1)C1CCCc2ccccc21. The van der Waals surface area contributed by atoms with Crippen molar-refractivity contribution in [3.8, 4) is 0 Å². The average molecular weight is 369 g/mol. The van der Waals surface area contributed by atoms with Crippen LogP contribution in [0.5, 0.6) is 0 Å². The maximum absolute atomic E-state index is 13.2. The molecule has 3 aromatic rings. The molecular formula is C25H23NO2. The molecule has 3 nitrogen and oxygen atoms in total. The van der Waals surface area contributed by atoms with Gasteiger partial charge in [-0.1, -0.05) is 78.9 Å². The second kappa shape index (κ2) is 7.81. The highest BCUT2D eigenvalue weighted by atomic mass is 16.1. The molecule has 0 radical (unpaired) electrons. The van der Waals surface area contributed by atoms with Crippen LogP contribution in [0.4, 0.5) is 0 Å². The van der Waals surface area contributed by atoms with Gasteiger partial charge < -0.3 is 5.73 Å². The number of benzene rings is 3. The number of fused-ring (bicyclic) bond motifs is 1. The number of hydrogen-bond donors (Lipinski definition) is 1. The van der Waals surface area contributed by atoms with E-state index in [2.05, 4.69) is 12.1 Å². The van der Waals surface area contributed by atoms with Crippen molar-refractivity contribution < 1.29 is 9.59 Å². The highest BCUT2D eigenvalue weighted by molar-refractivity contribution is 6.10. The van der Waals surface area contributed by atoms with E-state index in [1.807, 2.05) is 48.5 Å². The molecule has 0 aliphatic heterocycles. The Bertz CT molecular complexity index is 1010. The van der Waals surface area contributed by atoms with Crippen molar-refractivity contribution in [3.63, 3.8) is 0 Å². The standard InChI is InChI=1S/C25H23NO2/c26-25(28)23(20-16-8-12-17-9-4-5-13-19(17)20)21-14-6-7-15-22(21)24(27)18-10-2-1-3-11-18/h1-7,9-11,13-15,20,23H,8,12,16H2,(H2,26,28). The smallest absolute Gasteiger partial charge is 0.225 e. The summed E-state index contributed by atoms with van der Waals surface area (Å²) in [5.41, 5.74) is 10.3. The van der Waals surface area contributed by atoms with Gasteiger partial charge in [0.15, 0.2) is 5.78 Å². The van der Waals surface area contributed by atoms with Gasteiger partial charge in [-0.25, -0.2) is 0 Å². The first-order valence-electron chi connectivity index (χ1n) is 9.72. The average Bonchev–Trinajstić information content (AvgIpc) is 2.74. The molecule has 3 heteroatoms. The fourth-order valence-electron chi connectivity index (χ4n) is 4.43. The molecule has 0 fully saturated rings. The molecule has 2 atom stereocenters. The third kappa shape index (κ3) is 3.36. The summed E-state index contributed by atoms with van der Waals surface area (Å²) < 4.78 is 0. The largest absolute Gasteiger partial charge is 0.369 e. The fourth-order valence-corrected chi connectivity index (χ4v) is 4.43. The molecule has 2 unspecified atom stereocenters. The van der Waals surface area contributed by atoms with Crippen molar-refractivity contribution in [2.75, 3.05) is 0 Å². The third-order valence-electron chi connectivity index (χ3n) is 5.70. The topological polar surface area (TPSA) is 60.2 Å². The molecule has 1 amide bonds. The molecule has 1 aliphatic carbocycles. The van der Waals surface area contributed by atoms with E-state index in [1.165, 1.54) is 11.1 Å². The lowest BCUT2D eigenvalue weighted by atomic mass is 9.71. The number of primary amides is 1. The molecule has 0 bridgehead atoms. The number of carbonyl (C=O) groups is 2. The Kier molecular flexibility index (Phi) is 5.07. The highest BCUT2D eigenvalue weighted by Gasteiger charge is 2.34. The van der Waals surface area contributed by atoms with Crippen LogP contribution in [0.1, 0.15) is 57.3 Å². The summed E-state index contributed by atoms with van der Waals surface area (Å²) in [6, 6.07) is 24.8. The van der Waals surface area contributed by atoms with Crippen LogP contribution in [0.15, 0.2) is 78.9 Å². The Morgan fingerprint density at radius 3 is 2.32 bits per heavy atom. The zero-order chi connectivity index (χ0) is 19.5. The number of aryl methyl sites for hydroxylation is 1.